The Morgan fingerprint density at radius 3 is 2.81 bits per heavy atom. The van der Waals surface area contributed by atoms with Crippen molar-refractivity contribution in [3.05, 3.63) is 35.6 Å². The number of nitrogens with zero attached hydrogens (tertiary/aromatic N) is 3. The highest BCUT2D eigenvalue weighted by Crippen LogP contribution is 2.41. The molecule has 9 heteroatoms. The minimum Gasteiger partial charge on any atom is -0.353 e. The van der Waals surface area contributed by atoms with Gasteiger partial charge in [0.25, 0.3) is 0 Å². The summed E-state index contributed by atoms with van der Waals surface area (Å²) in [6.07, 6.45) is 7.23. The van der Waals surface area contributed by atoms with Gasteiger partial charge in [0, 0.05) is 30.3 Å². The van der Waals surface area contributed by atoms with Crippen LogP contribution in [0.5, 0.6) is 0 Å². The van der Waals surface area contributed by atoms with Crippen LogP contribution in [-0.2, 0) is 15.3 Å². The number of hydrazone groups is 1. The quantitative estimate of drug-likeness (QED) is 0.568. The number of thioether (sulfide) groups is 1. The zero-order valence-corrected chi connectivity index (χ0v) is 22.1. The molecule has 36 heavy (non-hydrogen) atoms. The molecule has 2 saturated carbocycles. The fourth-order valence-corrected chi connectivity index (χ4v) is 7.07. The number of fused-ring (bicyclic) bond motifs is 3. The summed E-state index contributed by atoms with van der Waals surface area (Å²) >= 11 is 1.56. The molecule has 0 radical (unpaired) electrons. The van der Waals surface area contributed by atoms with Crippen molar-refractivity contribution in [2.75, 3.05) is 6.54 Å². The maximum atomic E-state index is 13.7. The van der Waals surface area contributed by atoms with Gasteiger partial charge in [-0.3, -0.25) is 15.0 Å². The van der Waals surface area contributed by atoms with Crippen molar-refractivity contribution in [1.29, 1.82) is 0 Å². The van der Waals surface area contributed by atoms with Crippen molar-refractivity contribution in [2.45, 2.75) is 89.3 Å². The lowest BCUT2D eigenvalue weighted by Gasteiger charge is -2.51. The molecule has 196 valence electrons. The van der Waals surface area contributed by atoms with E-state index in [0.717, 1.165) is 42.8 Å². The van der Waals surface area contributed by atoms with Crippen LogP contribution >= 0.6 is 11.8 Å². The number of carbonyl (C=O) groups excluding carboxylic acids is 2. The summed E-state index contributed by atoms with van der Waals surface area (Å²) in [5.41, 5.74) is 4.11. The lowest BCUT2D eigenvalue weighted by Crippen LogP contribution is -2.68. The Labute approximate surface area is 217 Å². The molecular weight excluding hydrogens is 477 g/mol. The molecule has 0 bridgehead atoms. The molecule has 4 atom stereocenters. The van der Waals surface area contributed by atoms with E-state index in [9.17, 15) is 14.0 Å². The average molecular weight is 516 g/mol. The first kappa shape index (κ1) is 25.4. The van der Waals surface area contributed by atoms with E-state index in [2.05, 4.69) is 34.6 Å². The number of nitrogens with one attached hydrogen (secondary N) is 2. The highest BCUT2D eigenvalue weighted by molar-refractivity contribution is 8.13. The second kappa shape index (κ2) is 11.0. The maximum Gasteiger partial charge on any atom is 0.230 e. The molecule has 5 rings (SSSR count). The standard InChI is InChI=1S/C27H38FN5O2S/c1-17(2)12-13-32-25(35)22-11-10-19(24(34)29-21-8-3-4-9-21)15-23(22)33-26(32)30-31-27(33)36-16-18-6-5-7-20(28)14-18/h5-7,14,17,19,21-23,26,30H,3-4,8-13,15-16H2,1-2H3,(H,29,34). The van der Waals surface area contributed by atoms with Crippen molar-refractivity contribution in [2.24, 2.45) is 22.9 Å². The number of amides is 2. The first-order chi connectivity index (χ1) is 17.4. The third-order valence-corrected chi connectivity index (χ3v) is 9.14. The molecular formula is C27H38FN5O2S. The first-order valence-corrected chi connectivity index (χ1v) is 14.5. The second-order valence-corrected chi connectivity index (χ2v) is 12.1. The molecule has 2 aliphatic carbocycles. The van der Waals surface area contributed by atoms with E-state index in [0.29, 0.717) is 30.7 Å². The van der Waals surface area contributed by atoms with Crippen LogP contribution in [0.3, 0.4) is 0 Å². The molecule has 0 spiro atoms. The number of benzene rings is 1. The van der Waals surface area contributed by atoms with E-state index in [1.54, 1.807) is 23.9 Å². The molecule has 2 heterocycles. The van der Waals surface area contributed by atoms with Crippen LogP contribution in [0.15, 0.2) is 29.4 Å². The molecule has 1 aromatic carbocycles. The summed E-state index contributed by atoms with van der Waals surface area (Å²) in [7, 11) is 0. The third-order valence-electron chi connectivity index (χ3n) is 8.11. The van der Waals surface area contributed by atoms with Crippen LogP contribution < -0.4 is 10.7 Å². The van der Waals surface area contributed by atoms with Gasteiger partial charge in [-0.25, -0.2) is 4.39 Å². The van der Waals surface area contributed by atoms with Gasteiger partial charge in [-0.1, -0.05) is 50.6 Å². The molecule has 1 aromatic rings. The molecule has 2 amide bonds. The van der Waals surface area contributed by atoms with Crippen LogP contribution in [0.25, 0.3) is 0 Å². The number of halogens is 1. The van der Waals surface area contributed by atoms with Gasteiger partial charge in [-0.05, 0) is 62.1 Å². The molecule has 4 unspecified atom stereocenters. The summed E-state index contributed by atoms with van der Waals surface area (Å²) < 4.78 is 13.7. The van der Waals surface area contributed by atoms with Crippen LogP contribution in [0, 0.1) is 23.6 Å². The summed E-state index contributed by atoms with van der Waals surface area (Å²) in [4.78, 5) is 31.0. The fourth-order valence-electron chi connectivity index (χ4n) is 6.09. The first-order valence-electron chi connectivity index (χ1n) is 13.5. The van der Waals surface area contributed by atoms with Gasteiger partial charge in [0.1, 0.15) is 5.82 Å². The monoisotopic (exact) mass is 515 g/mol. The molecule has 2 N–H and O–H groups in total. The Bertz CT molecular complexity index is 998. The van der Waals surface area contributed by atoms with Gasteiger partial charge in [-0.15, -0.1) is 0 Å². The zero-order valence-electron chi connectivity index (χ0n) is 21.3. The van der Waals surface area contributed by atoms with Crippen LogP contribution in [0.1, 0.15) is 70.8 Å². The van der Waals surface area contributed by atoms with E-state index >= 15 is 0 Å². The predicted molar refractivity (Wildman–Crippen MR) is 140 cm³/mol. The number of amidine groups is 1. The Kier molecular flexibility index (Phi) is 7.74. The van der Waals surface area contributed by atoms with Gasteiger partial charge in [0.15, 0.2) is 11.5 Å². The molecule has 0 aromatic heterocycles. The summed E-state index contributed by atoms with van der Waals surface area (Å²) in [6, 6.07) is 6.87. The Hall–Kier alpha value is -2.29. The maximum absolute atomic E-state index is 13.7. The van der Waals surface area contributed by atoms with Crippen LogP contribution in [-0.4, -0.2) is 51.7 Å². The van der Waals surface area contributed by atoms with Gasteiger partial charge in [0.05, 0.1) is 5.92 Å². The Morgan fingerprint density at radius 1 is 1.25 bits per heavy atom. The SMILES string of the molecule is CC(C)CCN1C(=O)C2CCC(C(=O)NC3CCCC3)CC2N2C(SCc3cccc(F)c3)=NNC12. The van der Waals surface area contributed by atoms with E-state index in [-0.39, 0.29) is 41.8 Å². The number of rotatable bonds is 7. The van der Waals surface area contributed by atoms with E-state index in [4.69, 9.17) is 0 Å². The van der Waals surface area contributed by atoms with Gasteiger partial charge in [0.2, 0.25) is 11.8 Å². The molecule has 2 aliphatic heterocycles. The molecule has 4 aliphatic rings. The molecule has 3 fully saturated rings. The molecule has 7 nitrogen and oxygen atoms in total. The average Bonchev–Trinajstić information content (AvgIpc) is 3.52. The Balaban J connectivity index is 1.33. The number of hydrogen-bond acceptors (Lipinski definition) is 6. The topological polar surface area (TPSA) is 77.0 Å². The van der Waals surface area contributed by atoms with Crippen molar-refractivity contribution in [3.63, 3.8) is 0 Å². The second-order valence-electron chi connectivity index (χ2n) is 11.1. The van der Waals surface area contributed by atoms with Crippen molar-refractivity contribution in [3.8, 4) is 0 Å². The number of hydrogen-bond donors (Lipinski definition) is 2. The van der Waals surface area contributed by atoms with Crippen LogP contribution in [0.4, 0.5) is 4.39 Å². The predicted octanol–water partition coefficient (Wildman–Crippen LogP) is 4.25. The van der Waals surface area contributed by atoms with Crippen LogP contribution in [0.2, 0.25) is 0 Å². The van der Waals surface area contributed by atoms with E-state index < -0.39 is 0 Å². The number of carbonyl (C=O) groups is 2. The summed E-state index contributed by atoms with van der Waals surface area (Å²) in [5, 5.41) is 8.74. The largest absolute Gasteiger partial charge is 0.353 e. The van der Waals surface area contributed by atoms with Crippen molar-refractivity contribution in [1.82, 2.24) is 20.5 Å². The van der Waals surface area contributed by atoms with Crippen molar-refractivity contribution < 1.29 is 14.0 Å². The van der Waals surface area contributed by atoms with Gasteiger partial charge >= 0.3 is 0 Å². The molecule has 1 saturated heterocycles. The zero-order chi connectivity index (χ0) is 25.2. The summed E-state index contributed by atoms with van der Waals surface area (Å²) in [6.45, 7) is 5.01. The summed E-state index contributed by atoms with van der Waals surface area (Å²) in [5.74, 6) is 0.930. The fraction of sp³-hybridized carbons (Fsp3) is 0.667. The van der Waals surface area contributed by atoms with E-state index in [1.807, 2.05) is 11.0 Å². The lowest BCUT2D eigenvalue weighted by molar-refractivity contribution is -0.158. The highest BCUT2D eigenvalue weighted by atomic mass is 32.2. The lowest BCUT2D eigenvalue weighted by atomic mass is 9.75. The minimum atomic E-state index is -0.329. The highest BCUT2D eigenvalue weighted by Gasteiger charge is 2.53. The Morgan fingerprint density at radius 2 is 2.06 bits per heavy atom. The minimum absolute atomic E-state index is 0.0698. The van der Waals surface area contributed by atoms with Gasteiger partial charge < -0.3 is 15.1 Å². The third kappa shape index (κ3) is 5.36. The van der Waals surface area contributed by atoms with E-state index in [1.165, 1.54) is 18.9 Å². The smallest absolute Gasteiger partial charge is 0.230 e. The van der Waals surface area contributed by atoms with Crippen molar-refractivity contribution >= 4 is 28.7 Å². The van der Waals surface area contributed by atoms with Gasteiger partial charge in [-0.2, -0.15) is 5.10 Å². The normalized spacial score (nSPS) is 28.1.